The van der Waals surface area contributed by atoms with Gasteiger partial charge in [0.05, 0.1) is 18.8 Å². The molecule has 0 bridgehead atoms. The van der Waals surface area contributed by atoms with Gasteiger partial charge in [0.15, 0.2) is 0 Å². The zero-order valence-electron chi connectivity index (χ0n) is 9.49. The minimum atomic E-state index is -0.376. The van der Waals surface area contributed by atoms with Gasteiger partial charge in [-0.05, 0) is 39.5 Å². The second kappa shape index (κ2) is 5.69. The lowest BCUT2D eigenvalue weighted by molar-refractivity contribution is 0.00541. The second-order valence-corrected chi connectivity index (χ2v) is 4.57. The van der Waals surface area contributed by atoms with Crippen LogP contribution in [0.5, 0.6) is 0 Å². The normalized spacial score (nSPS) is 21.2. The maximum absolute atomic E-state index is 9.56. The molecule has 0 saturated heterocycles. The van der Waals surface area contributed by atoms with Crippen LogP contribution in [0.2, 0.25) is 0 Å². The molecular formula is C11H23NO2. The second-order valence-electron chi connectivity index (χ2n) is 4.57. The first-order valence-electron chi connectivity index (χ1n) is 5.62. The molecule has 1 rings (SSSR count). The number of ether oxygens (including phenoxy) is 1. The summed E-state index contributed by atoms with van der Waals surface area (Å²) in [4.78, 5) is 0. The fraction of sp³-hybridized carbons (Fsp3) is 1.00. The Kier molecular flexibility index (Phi) is 4.85. The van der Waals surface area contributed by atoms with Gasteiger partial charge in [-0.3, -0.25) is 0 Å². The molecule has 3 nitrogen and oxygen atoms in total. The molecule has 14 heavy (non-hydrogen) atoms. The van der Waals surface area contributed by atoms with Crippen molar-refractivity contribution in [3.8, 4) is 0 Å². The van der Waals surface area contributed by atoms with Gasteiger partial charge in [-0.1, -0.05) is 0 Å². The molecule has 1 fully saturated rings. The fourth-order valence-corrected chi connectivity index (χ4v) is 1.45. The van der Waals surface area contributed by atoms with Crippen molar-refractivity contribution in [1.29, 1.82) is 0 Å². The highest BCUT2D eigenvalue weighted by atomic mass is 16.5. The average molecular weight is 201 g/mol. The predicted octanol–water partition coefficient (Wildman–Crippen LogP) is 1.16. The Balaban J connectivity index is 1.98. The van der Waals surface area contributed by atoms with Crippen LogP contribution in [-0.4, -0.2) is 36.5 Å². The first-order valence-corrected chi connectivity index (χ1v) is 5.62. The van der Waals surface area contributed by atoms with Crippen LogP contribution in [-0.2, 0) is 4.74 Å². The maximum atomic E-state index is 9.56. The van der Waals surface area contributed by atoms with Crippen LogP contribution in [0.3, 0.4) is 0 Å². The summed E-state index contributed by atoms with van der Waals surface area (Å²) in [6.45, 7) is 7.22. The maximum Gasteiger partial charge on any atom is 0.0897 e. The first kappa shape index (κ1) is 12.0. The number of hydrogen-bond donors (Lipinski definition) is 2. The summed E-state index contributed by atoms with van der Waals surface area (Å²) in [6, 6.07) is 0.545. The third kappa shape index (κ3) is 4.94. The third-order valence-corrected chi connectivity index (χ3v) is 2.63. The number of aliphatic hydroxyl groups excluding tert-OH is 1. The highest BCUT2D eigenvalue weighted by Gasteiger charge is 2.27. The minimum absolute atomic E-state index is 0.200. The van der Waals surface area contributed by atoms with E-state index in [1.807, 2.05) is 13.8 Å². The largest absolute Gasteiger partial charge is 0.389 e. The van der Waals surface area contributed by atoms with Crippen molar-refractivity contribution in [2.24, 2.45) is 5.92 Å². The summed E-state index contributed by atoms with van der Waals surface area (Å²) in [5.41, 5.74) is 0. The molecule has 0 spiro atoms. The highest BCUT2D eigenvalue weighted by Crippen LogP contribution is 2.32. The lowest BCUT2D eigenvalue weighted by Gasteiger charge is -2.17. The molecule has 2 atom stereocenters. The molecule has 84 valence electrons. The van der Waals surface area contributed by atoms with E-state index in [-0.39, 0.29) is 12.2 Å². The van der Waals surface area contributed by atoms with E-state index in [1.54, 1.807) is 0 Å². The highest BCUT2D eigenvalue weighted by molar-refractivity contribution is 4.83. The van der Waals surface area contributed by atoms with Crippen molar-refractivity contribution < 1.29 is 9.84 Å². The van der Waals surface area contributed by atoms with Crippen LogP contribution in [0.25, 0.3) is 0 Å². The van der Waals surface area contributed by atoms with Gasteiger partial charge in [0.2, 0.25) is 0 Å². The summed E-state index contributed by atoms with van der Waals surface area (Å²) < 4.78 is 5.32. The number of aliphatic hydroxyl groups is 1. The van der Waals surface area contributed by atoms with E-state index in [0.29, 0.717) is 19.2 Å². The van der Waals surface area contributed by atoms with Crippen LogP contribution < -0.4 is 5.32 Å². The zero-order valence-corrected chi connectivity index (χ0v) is 9.49. The van der Waals surface area contributed by atoms with Gasteiger partial charge in [-0.2, -0.15) is 0 Å². The SMILES string of the molecule is CC(C)OCC(O)CNC(C)C1CC1. The van der Waals surface area contributed by atoms with E-state index in [4.69, 9.17) is 4.74 Å². The van der Waals surface area contributed by atoms with Crippen molar-refractivity contribution in [3.05, 3.63) is 0 Å². The van der Waals surface area contributed by atoms with Gasteiger partial charge in [0, 0.05) is 12.6 Å². The number of hydrogen-bond acceptors (Lipinski definition) is 3. The average Bonchev–Trinajstić information content (AvgIpc) is 2.93. The number of rotatable bonds is 7. The molecule has 1 aliphatic rings. The van der Waals surface area contributed by atoms with Crippen LogP contribution in [0.1, 0.15) is 33.6 Å². The van der Waals surface area contributed by atoms with Crippen molar-refractivity contribution in [1.82, 2.24) is 5.32 Å². The summed E-state index contributed by atoms with van der Waals surface area (Å²) in [5, 5.41) is 12.9. The fourth-order valence-electron chi connectivity index (χ4n) is 1.45. The molecule has 0 aromatic carbocycles. The van der Waals surface area contributed by atoms with E-state index in [2.05, 4.69) is 12.2 Å². The molecule has 0 amide bonds. The first-order chi connectivity index (χ1) is 6.59. The molecule has 0 aromatic heterocycles. The Hall–Kier alpha value is -0.120. The van der Waals surface area contributed by atoms with Crippen LogP contribution in [0.15, 0.2) is 0 Å². The zero-order chi connectivity index (χ0) is 10.6. The topological polar surface area (TPSA) is 41.5 Å². The van der Waals surface area contributed by atoms with Gasteiger partial charge >= 0.3 is 0 Å². The quantitative estimate of drug-likeness (QED) is 0.649. The van der Waals surface area contributed by atoms with Crippen molar-refractivity contribution in [3.63, 3.8) is 0 Å². The van der Waals surface area contributed by atoms with Gasteiger partial charge in [-0.15, -0.1) is 0 Å². The smallest absolute Gasteiger partial charge is 0.0897 e. The van der Waals surface area contributed by atoms with E-state index < -0.39 is 0 Å². The molecule has 0 heterocycles. The summed E-state index contributed by atoms with van der Waals surface area (Å²) in [6.07, 6.45) is 2.50. The van der Waals surface area contributed by atoms with Crippen LogP contribution >= 0.6 is 0 Å². The van der Waals surface area contributed by atoms with Crippen molar-refractivity contribution in [2.75, 3.05) is 13.2 Å². The minimum Gasteiger partial charge on any atom is -0.389 e. The van der Waals surface area contributed by atoms with E-state index in [0.717, 1.165) is 5.92 Å². The monoisotopic (exact) mass is 201 g/mol. The van der Waals surface area contributed by atoms with Crippen molar-refractivity contribution >= 4 is 0 Å². The standard InChI is InChI=1S/C11H23NO2/c1-8(2)14-7-11(13)6-12-9(3)10-4-5-10/h8-13H,4-7H2,1-3H3. The van der Waals surface area contributed by atoms with E-state index in [1.165, 1.54) is 12.8 Å². The summed E-state index contributed by atoms with van der Waals surface area (Å²) in [5.74, 6) is 0.841. The lowest BCUT2D eigenvalue weighted by atomic mass is 10.2. The Morgan fingerprint density at radius 1 is 1.36 bits per heavy atom. The van der Waals surface area contributed by atoms with Gasteiger partial charge in [0.1, 0.15) is 0 Å². The van der Waals surface area contributed by atoms with Crippen LogP contribution in [0, 0.1) is 5.92 Å². The summed E-state index contributed by atoms with van der Waals surface area (Å²) in [7, 11) is 0. The van der Waals surface area contributed by atoms with E-state index >= 15 is 0 Å². The predicted molar refractivity (Wildman–Crippen MR) is 57.3 cm³/mol. The molecular weight excluding hydrogens is 178 g/mol. The molecule has 2 unspecified atom stereocenters. The number of nitrogens with one attached hydrogen (secondary N) is 1. The molecule has 3 heteroatoms. The molecule has 1 aliphatic carbocycles. The van der Waals surface area contributed by atoms with Gasteiger partial charge in [0.25, 0.3) is 0 Å². The molecule has 2 N–H and O–H groups in total. The molecule has 0 radical (unpaired) electrons. The Labute approximate surface area is 86.8 Å². The third-order valence-electron chi connectivity index (χ3n) is 2.63. The van der Waals surface area contributed by atoms with Gasteiger partial charge in [-0.25, -0.2) is 0 Å². The molecule has 0 aromatic rings. The Morgan fingerprint density at radius 2 is 2.00 bits per heavy atom. The van der Waals surface area contributed by atoms with Crippen molar-refractivity contribution in [2.45, 2.75) is 51.9 Å². The lowest BCUT2D eigenvalue weighted by Crippen LogP contribution is -2.37. The van der Waals surface area contributed by atoms with Crippen LogP contribution in [0.4, 0.5) is 0 Å². The molecule has 0 aliphatic heterocycles. The van der Waals surface area contributed by atoms with E-state index in [9.17, 15) is 5.11 Å². The molecule has 1 saturated carbocycles. The Morgan fingerprint density at radius 3 is 2.50 bits per heavy atom. The van der Waals surface area contributed by atoms with Gasteiger partial charge < -0.3 is 15.2 Å². The Bertz CT molecular complexity index is 157. The summed E-state index contributed by atoms with van der Waals surface area (Å²) >= 11 is 0.